The van der Waals surface area contributed by atoms with E-state index in [0.717, 1.165) is 35.0 Å². The Labute approximate surface area is 180 Å². The Bertz CT molecular complexity index is 1100. The number of amides is 2. The molecular weight excluding hydrogens is 394 g/mol. The molecule has 1 atom stereocenters. The highest BCUT2D eigenvalue weighted by Crippen LogP contribution is 2.20. The molecule has 2 N–H and O–H groups in total. The Kier molecular flexibility index (Phi) is 6.02. The second-order valence-corrected chi connectivity index (χ2v) is 7.73. The van der Waals surface area contributed by atoms with E-state index in [1.54, 1.807) is 12.1 Å². The van der Waals surface area contributed by atoms with Gasteiger partial charge in [-0.3, -0.25) is 9.59 Å². The van der Waals surface area contributed by atoms with Crippen molar-refractivity contribution < 1.29 is 19.1 Å². The maximum Gasteiger partial charge on any atom is 0.328 e. The average Bonchev–Trinajstić information content (AvgIpc) is 3.39. The predicted octanol–water partition coefficient (Wildman–Crippen LogP) is 2.80. The van der Waals surface area contributed by atoms with Crippen LogP contribution in [0.2, 0.25) is 0 Å². The summed E-state index contributed by atoms with van der Waals surface area (Å²) >= 11 is 0. The topological polar surface area (TPSA) is 91.5 Å². The number of nitrogens with zero attached hydrogens (tertiary/aromatic N) is 1. The van der Waals surface area contributed by atoms with Crippen LogP contribution in [0.4, 0.5) is 0 Å². The van der Waals surface area contributed by atoms with Crippen LogP contribution in [0.1, 0.15) is 34.3 Å². The fraction of sp³-hybridized carbons (Fsp3) is 0.292. The van der Waals surface area contributed by atoms with Crippen molar-refractivity contribution in [2.24, 2.45) is 0 Å². The van der Waals surface area contributed by atoms with Gasteiger partial charge in [-0.2, -0.15) is 0 Å². The van der Waals surface area contributed by atoms with Gasteiger partial charge in [0.15, 0.2) is 0 Å². The number of esters is 1. The molecule has 0 saturated carbocycles. The van der Waals surface area contributed by atoms with Crippen LogP contribution >= 0.6 is 0 Å². The zero-order valence-corrected chi connectivity index (χ0v) is 17.4. The summed E-state index contributed by atoms with van der Waals surface area (Å²) in [5.74, 6) is -0.679. The molecule has 2 heterocycles. The molecule has 0 unspecified atom stereocenters. The van der Waals surface area contributed by atoms with E-state index in [4.69, 9.17) is 4.74 Å². The largest absolute Gasteiger partial charge is 0.467 e. The zero-order valence-electron chi connectivity index (χ0n) is 17.4. The average molecular weight is 419 g/mol. The van der Waals surface area contributed by atoms with Gasteiger partial charge in [-0.25, -0.2) is 4.79 Å². The van der Waals surface area contributed by atoms with E-state index >= 15 is 0 Å². The van der Waals surface area contributed by atoms with Crippen molar-refractivity contribution in [3.8, 4) is 0 Å². The molecule has 7 nitrogen and oxygen atoms in total. The summed E-state index contributed by atoms with van der Waals surface area (Å²) < 4.78 is 4.91. The minimum atomic E-state index is -0.807. The van der Waals surface area contributed by atoms with Crippen LogP contribution in [0, 0.1) is 0 Å². The number of fused-ring (bicyclic) bond motifs is 1. The Balaban J connectivity index is 1.45. The molecule has 7 heteroatoms. The first kappa shape index (κ1) is 20.7. The number of benzene rings is 2. The van der Waals surface area contributed by atoms with Gasteiger partial charge in [-0.15, -0.1) is 0 Å². The third-order valence-electron chi connectivity index (χ3n) is 5.65. The van der Waals surface area contributed by atoms with Crippen molar-refractivity contribution in [2.75, 3.05) is 13.7 Å². The number of carbonyl (C=O) groups excluding carboxylic acids is 3. The molecule has 160 valence electrons. The highest BCUT2D eigenvalue weighted by molar-refractivity contribution is 5.97. The molecular formula is C24H25N3O4. The molecule has 1 aliphatic heterocycles. The van der Waals surface area contributed by atoms with E-state index in [1.165, 1.54) is 7.11 Å². The first-order valence-corrected chi connectivity index (χ1v) is 10.4. The number of hydrogen-bond donors (Lipinski definition) is 2. The monoisotopic (exact) mass is 419 g/mol. The highest BCUT2D eigenvalue weighted by Gasteiger charge is 2.24. The van der Waals surface area contributed by atoms with E-state index in [1.807, 2.05) is 47.5 Å². The van der Waals surface area contributed by atoms with E-state index < -0.39 is 12.0 Å². The van der Waals surface area contributed by atoms with Crippen LogP contribution in [-0.2, 0) is 27.3 Å². The van der Waals surface area contributed by atoms with Gasteiger partial charge in [0.25, 0.3) is 5.91 Å². The van der Waals surface area contributed by atoms with Crippen LogP contribution in [0.3, 0.4) is 0 Å². The molecule has 4 rings (SSSR count). The Morgan fingerprint density at radius 3 is 2.65 bits per heavy atom. The minimum Gasteiger partial charge on any atom is -0.467 e. The number of aromatic amines is 1. The molecule has 1 fully saturated rings. The van der Waals surface area contributed by atoms with Gasteiger partial charge < -0.3 is 19.9 Å². The van der Waals surface area contributed by atoms with E-state index in [-0.39, 0.29) is 11.8 Å². The lowest BCUT2D eigenvalue weighted by molar-refractivity contribution is -0.142. The van der Waals surface area contributed by atoms with Crippen LogP contribution in [0.15, 0.2) is 54.7 Å². The maximum atomic E-state index is 12.8. The second-order valence-electron chi connectivity index (χ2n) is 7.73. The lowest BCUT2D eigenvalue weighted by atomic mass is 10.0. The molecule has 1 saturated heterocycles. The number of likely N-dealkylation sites (tertiary alicyclic amines) is 1. The molecule has 1 aromatic heterocycles. The predicted molar refractivity (Wildman–Crippen MR) is 116 cm³/mol. The standard InChI is InChI=1S/C24H25N3O4/c1-31-24(30)21(13-18-14-25-20-6-3-2-5-19(18)20)26-23(29)17-10-8-16(9-11-17)15-27-12-4-7-22(27)28/h2-3,5-6,8-11,14,21,25H,4,7,12-13,15H2,1H3,(H,26,29)/t21-/m1/s1. The normalized spacial score (nSPS) is 14.6. The smallest absolute Gasteiger partial charge is 0.328 e. The van der Waals surface area contributed by atoms with Crippen molar-refractivity contribution in [2.45, 2.75) is 31.8 Å². The molecule has 0 aliphatic carbocycles. The summed E-state index contributed by atoms with van der Waals surface area (Å²) in [5, 5.41) is 3.80. The molecule has 2 amide bonds. The molecule has 0 spiro atoms. The number of H-pyrrole nitrogens is 1. The van der Waals surface area contributed by atoms with Gasteiger partial charge in [0, 0.05) is 48.6 Å². The molecule has 31 heavy (non-hydrogen) atoms. The van der Waals surface area contributed by atoms with E-state index in [0.29, 0.717) is 24.9 Å². The third kappa shape index (κ3) is 4.60. The van der Waals surface area contributed by atoms with Crippen molar-refractivity contribution in [3.05, 3.63) is 71.4 Å². The number of carbonyl (C=O) groups is 3. The van der Waals surface area contributed by atoms with Crippen LogP contribution in [0.5, 0.6) is 0 Å². The summed E-state index contributed by atoms with van der Waals surface area (Å²) in [7, 11) is 1.31. The Morgan fingerprint density at radius 2 is 1.94 bits per heavy atom. The molecule has 0 radical (unpaired) electrons. The number of ether oxygens (including phenoxy) is 1. The van der Waals surface area contributed by atoms with Gasteiger partial charge in [-0.05, 0) is 35.7 Å². The number of methoxy groups -OCH3 is 1. The van der Waals surface area contributed by atoms with Gasteiger partial charge in [0.2, 0.25) is 5.91 Å². The van der Waals surface area contributed by atoms with Crippen molar-refractivity contribution >= 4 is 28.7 Å². The number of aromatic nitrogens is 1. The number of rotatable bonds is 7. The maximum absolute atomic E-state index is 12.8. The van der Waals surface area contributed by atoms with Gasteiger partial charge in [-0.1, -0.05) is 30.3 Å². The lowest BCUT2D eigenvalue weighted by Gasteiger charge is -2.17. The van der Waals surface area contributed by atoms with Crippen LogP contribution in [-0.4, -0.2) is 47.4 Å². The van der Waals surface area contributed by atoms with Gasteiger partial charge in [0.1, 0.15) is 6.04 Å². The number of hydrogen-bond acceptors (Lipinski definition) is 4. The Hall–Kier alpha value is -3.61. The summed E-state index contributed by atoms with van der Waals surface area (Å²) in [6.07, 6.45) is 3.66. The van der Waals surface area contributed by atoms with E-state index in [9.17, 15) is 14.4 Å². The summed E-state index contributed by atoms with van der Waals surface area (Å²) in [6, 6.07) is 14.1. The Morgan fingerprint density at radius 1 is 1.16 bits per heavy atom. The molecule has 0 bridgehead atoms. The molecule has 3 aromatic rings. The SMILES string of the molecule is COC(=O)[C@@H](Cc1c[nH]c2ccccc12)NC(=O)c1ccc(CN2CCCC2=O)cc1. The number of nitrogens with one attached hydrogen (secondary N) is 2. The van der Waals surface area contributed by atoms with Crippen molar-refractivity contribution in [3.63, 3.8) is 0 Å². The van der Waals surface area contributed by atoms with E-state index in [2.05, 4.69) is 10.3 Å². The summed E-state index contributed by atoms with van der Waals surface area (Å²) in [5.41, 5.74) is 3.32. The molecule has 1 aliphatic rings. The second kappa shape index (κ2) is 9.04. The highest BCUT2D eigenvalue weighted by atomic mass is 16.5. The fourth-order valence-electron chi connectivity index (χ4n) is 3.95. The summed E-state index contributed by atoms with van der Waals surface area (Å²) in [4.78, 5) is 41.9. The quantitative estimate of drug-likeness (QED) is 0.576. The first-order valence-electron chi connectivity index (χ1n) is 10.4. The van der Waals surface area contributed by atoms with Gasteiger partial charge >= 0.3 is 5.97 Å². The fourth-order valence-corrected chi connectivity index (χ4v) is 3.95. The molecule has 2 aromatic carbocycles. The minimum absolute atomic E-state index is 0.167. The van der Waals surface area contributed by atoms with Crippen molar-refractivity contribution in [1.82, 2.24) is 15.2 Å². The number of para-hydroxylation sites is 1. The zero-order chi connectivity index (χ0) is 21.8. The summed E-state index contributed by atoms with van der Waals surface area (Å²) in [6.45, 7) is 1.32. The van der Waals surface area contributed by atoms with Crippen LogP contribution in [0.25, 0.3) is 10.9 Å². The van der Waals surface area contributed by atoms with Crippen LogP contribution < -0.4 is 5.32 Å². The van der Waals surface area contributed by atoms with Crippen molar-refractivity contribution in [1.29, 1.82) is 0 Å². The lowest BCUT2D eigenvalue weighted by Crippen LogP contribution is -2.43. The first-order chi connectivity index (χ1) is 15.0. The van der Waals surface area contributed by atoms with Gasteiger partial charge in [0.05, 0.1) is 7.11 Å². The third-order valence-corrected chi connectivity index (χ3v) is 5.65.